The molecule has 0 aliphatic carbocycles. The number of likely N-dealkylation sites (tertiary alicyclic amines) is 2. The molecule has 0 bridgehead atoms. The zero-order chi connectivity index (χ0) is 16.4. The zero-order valence-corrected chi connectivity index (χ0v) is 15.2. The average molecular weight is 355 g/mol. The highest BCUT2D eigenvalue weighted by molar-refractivity contribution is 6.42. The molecule has 0 spiro atoms. The van der Waals surface area contributed by atoms with E-state index in [2.05, 4.69) is 9.80 Å². The first kappa shape index (κ1) is 17.1. The maximum absolute atomic E-state index is 12.4. The third kappa shape index (κ3) is 3.38. The van der Waals surface area contributed by atoms with Gasteiger partial charge in [0.05, 0.1) is 15.6 Å². The Morgan fingerprint density at radius 3 is 2.43 bits per heavy atom. The molecule has 126 valence electrons. The van der Waals surface area contributed by atoms with Crippen LogP contribution in [0.25, 0.3) is 0 Å². The normalized spacial score (nSPS) is 25.8. The van der Waals surface area contributed by atoms with Crippen LogP contribution >= 0.6 is 23.2 Å². The second-order valence-corrected chi connectivity index (χ2v) is 7.59. The van der Waals surface area contributed by atoms with Crippen molar-refractivity contribution < 1.29 is 4.79 Å². The molecule has 0 radical (unpaired) electrons. The number of rotatable bonds is 3. The fourth-order valence-corrected chi connectivity index (χ4v) is 4.45. The third-order valence-corrected chi connectivity index (χ3v) is 6.00. The van der Waals surface area contributed by atoms with Gasteiger partial charge in [0, 0.05) is 20.0 Å². The largest absolute Gasteiger partial charge is 0.332 e. The lowest BCUT2D eigenvalue weighted by Gasteiger charge is -2.49. The second-order valence-electron chi connectivity index (χ2n) is 6.77. The zero-order valence-electron chi connectivity index (χ0n) is 13.7. The molecule has 2 aliphatic heterocycles. The lowest BCUT2D eigenvalue weighted by Crippen LogP contribution is -2.57. The van der Waals surface area contributed by atoms with Crippen LogP contribution in [0.1, 0.15) is 44.6 Å². The van der Waals surface area contributed by atoms with Crippen molar-refractivity contribution >= 4 is 29.1 Å². The van der Waals surface area contributed by atoms with Crippen LogP contribution in [0.4, 0.5) is 0 Å². The van der Waals surface area contributed by atoms with Crippen LogP contribution in [0.3, 0.4) is 0 Å². The number of nitrogens with zero attached hydrogens (tertiary/aromatic N) is 2. The van der Waals surface area contributed by atoms with E-state index in [1.54, 1.807) is 6.92 Å². The van der Waals surface area contributed by atoms with Gasteiger partial charge in [0.25, 0.3) is 0 Å². The Hall–Kier alpha value is -0.770. The van der Waals surface area contributed by atoms with Gasteiger partial charge in [-0.25, -0.2) is 0 Å². The predicted octanol–water partition coefficient (Wildman–Crippen LogP) is 4.32. The van der Waals surface area contributed by atoms with Crippen LogP contribution in [0.5, 0.6) is 0 Å². The first-order valence-electron chi connectivity index (χ1n) is 8.49. The number of benzene rings is 1. The van der Waals surface area contributed by atoms with Gasteiger partial charge in [0.15, 0.2) is 0 Å². The van der Waals surface area contributed by atoms with Crippen molar-refractivity contribution in [2.75, 3.05) is 26.2 Å². The van der Waals surface area contributed by atoms with Gasteiger partial charge in [-0.2, -0.15) is 0 Å². The first-order chi connectivity index (χ1) is 11.0. The van der Waals surface area contributed by atoms with Crippen LogP contribution in [0, 0.1) is 0 Å². The standard InChI is InChI=1S/C18H24Cl2N2O/c1-14(23)22-11-3-2-8-18(22,13-21-9-4-5-10-21)15-6-7-16(19)17(20)12-15/h6-7,12H,2-5,8-11,13H2,1H3. The Morgan fingerprint density at radius 2 is 1.78 bits per heavy atom. The van der Waals surface area contributed by atoms with E-state index in [-0.39, 0.29) is 11.4 Å². The summed E-state index contributed by atoms with van der Waals surface area (Å²) in [6, 6.07) is 5.87. The summed E-state index contributed by atoms with van der Waals surface area (Å²) in [4.78, 5) is 16.9. The minimum absolute atomic E-state index is 0.148. The average Bonchev–Trinajstić information content (AvgIpc) is 3.03. The second kappa shape index (κ2) is 7.00. The molecule has 3 nitrogen and oxygen atoms in total. The topological polar surface area (TPSA) is 23.6 Å². The molecule has 2 fully saturated rings. The molecule has 1 aromatic rings. The Kier molecular flexibility index (Phi) is 5.19. The summed E-state index contributed by atoms with van der Waals surface area (Å²) in [6.45, 7) is 5.64. The Balaban J connectivity index is 2.03. The Labute approximate surface area is 148 Å². The molecular formula is C18H24Cl2N2O. The molecule has 2 aliphatic rings. The van der Waals surface area contributed by atoms with Crippen molar-refractivity contribution in [2.24, 2.45) is 0 Å². The highest BCUT2D eigenvalue weighted by atomic mass is 35.5. The van der Waals surface area contributed by atoms with Gasteiger partial charge in [-0.15, -0.1) is 0 Å². The molecule has 2 saturated heterocycles. The van der Waals surface area contributed by atoms with Gasteiger partial charge in [0.2, 0.25) is 5.91 Å². The first-order valence-corrected chi connectivity index (χ1v) is 9.25. The highest BCUT2D eigenvalue weighted by Gasteiger charge is 2.43. The molecule has 5 heteroatoms. The van der Waals surface area contributed by atoms with Gasteiger partial charge in [-0.05, 0) is 62.9 Å². The number of amides is 1. The smallest absolute Gasteiger partial charge is 0.220 e. The lowest BCUT2D eigenvalue weighted by atomic mass is 9.79. The third-order valence-electron chi connectivity index (χ3n) is 5.26. The van der Waals surface area contributed by atoms with Crippen LogP contribution < -0.4 is 0 Å². The summed E-state index contributed by atoms with van der Waals surface area (Å²) in [7, 11) is 0. The molecule has 2 heterocycles. The highest BCUT2D eigenvalue weighted by Crippen LogP contribution is 2.41. The van der Waals surface area contributed by atoms with Crippen molar-refractivity contribution in [1.29, 1.82) is 0 Å². The SMILES string of the molecule is CC(=O)N1CCCCC1(CN1CCCC1)c1ccc(Cl)c(Cl)c1. The molecule has 1 amide bonds. The van der Waals surface area contributed by atoms with Crippen molar-refractivity contribution in [3.63, 3.8) is 0 Å². The lowest BCUT2D eigenvalue weighted by molar-refractivity contribution is -0.139. The van der Waals surface area contributed by atoms with Gasteiger partial charge in [-0.3, -0.25) is 4.79 Å². The summed E-state index contributed by atoms with van der Waals surface area (Å²) < 4.78 is 0. The maximum Gasteiger partial charge on any atom is 0.220 e. The van der Waals surface area contributed by atoms with E-state index >= 15 is 0 Å². The Morgan fingerprint density at radius 1 is 1.09 bits per heavy atom. The number of hydrogen-bond donors (Lipinski definition) is 0. The van der Waals surface area contributed by atoms with E-state index in [1.165, 1.54) is 12.8 Å². The monoisotopic (exact) mass is 354 g/mol. The number of hydrogen-bond acceptors (Lipinski definition) is 2. The molecule has 3 rings (SSSR count). The number of piperidine rings is 1. The van der Waals surface area contributed by atoms with Crippen LogP contribution in [-0.2, 0) is 10.3 Å². The Bertz CT molecular complexity index is 586. The quantitative estimate of drug-likeness (QED) is 0.806. The summed E-state index contributed by atoms with van der Waals surface area (Å²) >= 11 is 12.4. The fraction of sp³-hybridized carbons (Fsp3) is 0.611. The molecule has 0 N–H and O–H groups in total. The van der Waals surface area contributed by atoms with Crippen LogP contribution in [-0.4, -0.2) is 41.9 Å². The van der Waals surface area contributed by atoms with Crippen molar-refractivity contribution in [3.8, 4) is 0 Å². The fourth-order valence-electron chi connectivity index (χ4n) is 4.15. The van der Waals surface area contributed by atoms with E-state index in [1.807, 2.05) is 18.2 Å². The molecule has 0 aromatic heterocycles. The van der Waals surface area contributed by atoms with Crippen molar-refractivity contribution in [1.82, 2.24) is 9.80 Å². The summed E-state index contributed by atoms with van der Waals surface area (Å²) in [5.74, 6) is 0.148. The number of halogens is 2. The predicted molar refractivity (Wildman–Crippen MR) is 95.1 cm³/mol. The molecule has 1 atom stereocenters. The molecule has 1 aromatic carbocycles. The minimum Gasteiger partial charge on any atom is -0.332 e. The van der Waals surface area contributed by atoms with Crippen LogP contribution in [0.15, 0.2) is 18.2 Å². The maximum atomic E-state index is 12.4. The number of carbonyl (C=O) groups excluding carboxylic acids is 1. The molecule has 23 heavy (non-hydrogen) atoms. The minimum atomic E-state index is -0.275. The van der Waals surface area contributed by atoms with Crippen LogP contribution in [0.2, 0.25) is 10.0 Å². The van der Waals surface area contributed by atoms with Gasteiger partial charge < -0.3 is 9.80 Å². The van der Waals surface area contributed by atoms with E-state index < -0.39 is 0 Å². The van der Waals surface area contributed by atoms with E-state index in [0.29, 0.717) is 10.0 Å². The molecular weight excluding hydrogens is 331 g/mol. The van der Waals surface area contributed by atoms with Gasteiger partial charge in [-0.1, -0.05) is 29.3 Å². The van der Waals surface area contributed by atoms with E-state index in [4.69, 9.17) is 23.2 Å². The summed E-state index contributed by atoms with van der Waals surface area (Å²) in [5, 5.41) is 1.14. The van der Waals surface area contributed by atoms with E-state index in [9.17, 15) is 4.79 Å². The summed E-state index contributed by atoms with van der Waals surface area (Å²) in [5.41, 5.74) is 0.844. The van der Waals surface area contributed by atoms with Crippen molar-refractivity contribution in [2.45, 2.75) is 44.6 Å². The van der Waals surface area contributed by atoms with Gasteiger partial charge in [0.1, 0.15) is 0 Å². The van der Waals surface area contributed by atoms with Gasteiger partial charge >= 0.3 is 0 Å². The molecule has 0 saturated carbocycles. The molecule has 1 unspecified atom stereocenters. The van der Waals surface area contributed by atoms with Crippen molar-refractivity contribution in [3.05, 3.63) is 33.8 Å². The number of carbonyl (C=O) groups is 1. The van der Waals surface area contributed by atoms with E-state index in [0.717, 1.165) is 51.0 Å². The summed E-state index contributed by atoms with van der Waals surface area (Å²) in [6.07, 6.45) is 5.69.